The lowest BCUT2D eigenvalue weighted by Gasteiger charge is -2.10. The maximum absolute atomic E-state index is 11.3. The Balaban J connectivity index is 2.80. The molecule has 0 radical (unpaired) electrons. The molecule has 0 bridgehead atoms. The number of hydrogen-bond donors (Lipinski definition) is 1. The lowest BCUT2D eigenvalue weighted by atomic mass is 10.4. The average molecular weight is 337 g/mol. The van der Waals surface area contributed by atoms with Gasteiger partial charge in [-0.25, -0.2) is 14.8 Å². The van der Waals surface area contributed by atoms with Gasteiger partial charge in [0.05, 0.1) is 0 Å². The summed E-state index contributed by atoms with van der Waals surface area (Å²) < 4.78 is 0. The number of nitrogens with zero attached hydrogens (tertiary/aromatic N) is 6. The van der Waals surface area contributed by atoms with Crippen LogP contribution in [0.3, 0.4) is 0 Å². The monoisotopic (exact) mass is 337 g/mol. The third-order valence-corrected chi connectivity index (χ3v) is 2.38. The van der Waals surface area contributed by atoms with Gasteiger partial charge < -0.3 is 5.73 Å². The van der Waals surface area contributed by atoms with Crippen molar-refractivity contribution in [3.05, 3.63) is 61.3 Å². The Hall–Kier alpha value is -3.68. The lowest BCUT2D eigenvalue weighted by Crippen LogP contribution is -2.31. The molecule has 0 unspecified atom stereocenters. The molecule has 1 aliphatic rings. The number of carbonyl (C=O) groups excluding carboxylic acids is 1. The molecule has 1 aliphatic heterocycles. The van der Waals surface area contributed by atoms with E-state index < -0.39 is 6.03 Å². The molecule has 0 aromatic rings. The van der Waals surface area contributed by atoms with Gasteiger partial charge in [-0.15, -0.1) is 0 Å². The minimum Gasteiger partial charge on any atom is -0.351 e. The second kappa shape index (κ2) is 13.9. The van der Waals surface area contributed by atoms with E-state index in [4.69, 9.17) is 5.73 Å². The number of primary amides is 1. The molecule has 0 atom stereocenters. The quantitative estimate of drug-likeness (QED) is 0.719. The molecule has 0 aliphatic carbocycles. The third-order valence-electron chi connectivity index (χ3n) is 2.38. The summed E-state index contributed by atoms with van der Waals surface area (Å²) in [6.45, 7) is 0.0961. The highest BCUT2D eigenvalue weighted by molar-refractivity contribution is 6.17. The molecule has 25 heavy (non-hydrogen) atoms. The average Bonchev–Trinajstić information content (AvgIpc) is 2.60. The van der Waals surface area contributed by atoms with Gasteiger partial charge in [-0.05, 0) is 12.2 Å². The topological polar surface area (TPSA) is 108 Å². The Morgan fingerprint density at radius 1 is 0.760 bits per heavy atom. The van der Waals surface area contributed by atoms with Crippen LogP contribution in [0.25, 0.3) is 0 Å². The largest absolute Gasteiger partial charge is 0.351 e. The fourth-order valence-corrected chi connectivity index (χ4v) is 1.28. The molecule has 8 nitrogen and oxygen atoms in total. The van der Waals surface area contributed by atoms with Crippen LogP contribution in [0.4, 0.5) is 4.79 Å². The summed E-state index contributed by atoms with van der Waals surface area (Å²) in [5.74, 6) is 0. The van der Waals surface area contributed by atoms with E-state index in [1.165, 1.54) is 48.5 Å². The maximum Gasteiger partial charge on any atom is 0.320 e. The number of carbonyl (C=O) groups is 1. The van der Waals surface area contributed by atoms with E-state index in [-0.39, 0.29) is 6.67 Å². The van der Waals surface area contributed by atoms with Crippen LogP contribution in [-0.2, 0) is 0 Å². The van der Waals surface area contributed by atoms with Crippen molar-refractivity contribution in [1.29, 1.82) is 0 Å². The highest BCUT2D eigenvalue weighted by Gasteiger charge is 2.02. The SMILES string of the molecule is NC(=O)N1C=CN=CC=NC=NC=CN=CC=CC=CC=CC=NC1. The number of aliphatic imine (C=N–C) groups is 5. The zero-order chi connectivity index (χ0) is 18.0. The Morgan fingerprint density at radius 3 is 2.20 bits per heavy atom. The fourth-order valence-electron chi connectivity index (χ4n) is 1.28. The highest BCUT2D eigenvalue weighted by atomic mass is 16.2. The van der Waals surface area contributed by atoms with Crippen LogP contribution in [0.15, 0.2) is 86.2 Å². The molecule has 0 fully saturated rings. The van der Waals surface area contributed by atoms with Crippen LogP contribution in [0.1, 0.15) is 0 Å². The molecular weight excluding hydrogens is 318 g/mol. The van der Waals surface area contributed by atoms with Gasteiger partial charge >= 0.3 is 6.03 Å². The van der Waals surface area contributed by atoms with Gasteiger partial charge in [0.1, 0.15) is 13.0 Å². The van der Waals surface area contributed by atoms with Gasteiger partial charge in [0, 0.05) is 49.7 Å². The number of amides is 2. The van der Waals surface area contributed by atoms with Crippen LogP contribution < -0.4 is 5.73 Å². The molecule has 0 aromatic heterocycles. The van der Waals surface area contributed by atoms with Gasteiger partial charge in [0.2, 0.25) is 0 Å². The van der Waals surface area contributed by atoms with Crippen molar-refractivity contribution in [3.8, 4) is 0 Å². The Labute approximate surface area is 146 Å². The van der Waals surface area contributed by atoms with E-state index in [9.17, 15) is 4.79 Å². The van der Waals surface area contributed by atoms with E-state index in [1.54, 1.807) is 30.7 Å². The number of rotatable bonds is 0. The second-order valence-electron chi connectivity index (χ2n) is 4.19. The van der Waals surface area contributed by atoms with E-state index in [1.807, 2.05) is 18.2 Å². The summed E-state index contributed by atoms with van der Waals surface area (Å²) in [6.07, 6.45) is 24.2. The number of hydrogen-bond acceptors (Lipinski definition) is 6. The van der Waals surface area contributed by atoms with Gasteiger partial charge in [0.25, 0.3) is 0 Å². The van der Waals surface area contributed by atoms with Crippen molar-refractivity contribution >= 4 is 37.2 Å². The van der Waals surface area contributed by atoms with Crippen LogP contribution in [0.2, 0.25) is 0 Å². The molecule has 0 saturated heterocycles. The summed E-state index contributed by atoms with van der Waals surface area (Å²) in [7, 11) is 0. The number of urea groups is 1. The minimum atomic E-state index is -0.624. The normalized spacial score (nSPS) is 16.1. The predicted octanol–water partition coefficient (Wildman–Crippen LogP) is 2.26. The number of nitrogens with two attached hydrogens (primary N) is 1. The summed E-state index contributed by atoms with van der Waals surface area (Å²) in [4.78, 5) is 32.3. The van der Waals surface area contributed by atoms with Gasteiger partial charge in [-0.3, -0.25) is 19.9 Å². The summed E-state index contributed by atoms with van der Waals surface area (Å²) in [6, 6.07) is -0.624. The van der Waals surface area contributed by atoms with Gasteiger partial charge in [0.15, 0.2) is 0 Å². The Kier molecular flexibility index (Phi) is 10.8. The summed E-state index contributed by atoms with van der Waals surface area (Å²) >= 11 is 0. The molecule has 0 saturated carbocycles. The zero-order valence-corrected chi connectivity index (χ0v) is 13.5. The summed E-state index contributed by atoms with van der Waals surface area (Å²) in [5, 5.41) is 0. The molecule has 0 spiro atoms. The van der Waals surface area contributed by atoms with Crippen molar-refractivity contribution in [2.75, 3.05) is 6.67 Å². The molecule has 2 N–H and O–H groups in total. The standard InChI is InChI=1S/C17H19N7O/c18-17(25)24-14-13-20-10-12-22-15-21-11-9-19-7-5-3-1-2-4-6-8-23-16-24/h1-15H,16H2,(H2,18,25). The summed E-state index contributed by atoms with van der Waals surface area (Å²) in [5.41, 5.74) is 5.26. The molecule has 2 amide bonds. The molecule has 0 aromatic carbocycles. The van der Waals surface area contributed by atoms with E-state index in [2.05, 4.69) is 25.0 Å². The van der Waals surface area contributed by atoms with E-state index >= 15 is 0 Å². The molecule has 1 heterocycles. The van der Waals surface area contributed by atoms with Gasteiger partial charge in [-0.1, -0.05) is 24.3 Å². The van der Waals surface area contributed by atoms with Crippen molar-refractivity contribution in [1.82, 2.24) is 4.90 Å². The number of allylic oxidation sites excluding steroid dienone is 6. The molecule has 128 valence electrons. The van der Waals surface area contributed by atoms with Crippen molar-refractivity contribution in [2.45, 2.75) is 0 Å². The highest BCUT2D eigenvalue weighted by Crippen LogP contribution is 1.91. The second-order valence-corrected chi connectivity index (χ2v) is 4.19. The fraction of sp³-hybridized carbons (Fsp3) is 0.0588. The van der Waals surface area contributed by atoms with Crippen LogP contribution in [-0.4, -0.2) is 48.8 Å². The van der Waals surface area contributed by atoms with Crippen molar-refractivity contribution in [3.63, 3.8) is 0 Å². The van der Waals surface area contributed by atoms with Gasteiger partial charge in [-0.2, -0.15) is 0 Å². The first-order valence-corrected chi connectivity index (χ1v) is 7.26. The van der Waals surface area contributed by atoms with Crippen LogP contribution in [0.5, 0.6) is 0 Å². The lowest BCUT2D eigenvalue weighted by molar-refractivity contribution is 0.226. The first kappa shape index (κ1) is 19.4. The Morgan fingerprint density at radius 2 is 1.40 bits per heavy atom. The van der Waals surface area contributed by atoms with Crippen molar-refractivity contribution in [2.24, 2.45) is 30.7 Å². The molecule has 1 rings (SSSR count). The molecule has 8 heteroatoms. The predicted molar refractivity (Wildman–Crippen MR) is 104 cm³/mol. The Bertz CT molecular complexity index is 692. The maximum atomic E-state index is 11.3. The van der Waals surface area contributed by atoms with E-state index in [0.717, 1.165) is 0 Å². The first-order chi connectivity index (χ1) is 12.3. The third kappa shape index (κ3) is 11.5. The van der Waals surface area contributed by atoms with Crippen LogP contribution in [0, 0.1) is 0 Å². The first-order valence-electron chi connectivity index (χ1n) is 7.26. The zero-order valence-electron chi connectivity index (χ0n) is 13.5. The van der Waals surface area contributed by atoms with Crippen molar-refractivity contribution < 1.29 is 4.79 Å². The van der Waals surface area contributed by atoms with E-state index in [0.29, 0.717) is 0 Å². The van der Waals surface area contributed by atoms with Crippen LogP contribution >= 0.6 is 0 Å². The minimum absolute atomic E-state index is 0.0961. The molecular formula is C17H19N7O. The smallest absolute Gasteiger partial charge is 0.320 e.